The minimum Gasteiger partial charge on any atom is -0.338 e. The number of imidazole rings is 1. The third-order valence-electron chi connectivity index (χ3n) is 6.01. The molecule has 20 heavy (non-hydrogen) atoms. The van der Waals surface area contributed by atoms with E-state index in [2.05, 4.69) is 4.98 Å². The van der Waals surface area contributed by atoms with E-state index in [0.717, 1.165) is 30.0 Å². The van der Waals surface area contributed by atoms with Crippen LogP contribution in [0.2, 0.25) is 0 Å². The van der Waals surface area contributed by atoms with Gasteiger partial charge in [-0.3, -0.25) is 4.79 Å². The summed E-state index contributed by atoms with van der Waals surface area (Å²) in [6.07, 6.45) is 13.4. The normalized spacial score (nSPS) is 38.4. The zero-order valence-electron chi connectivity index (χ0n) is 12.3. The Kier molecular flexibility index (Phi) is 2.80. The number of aromatic nitrogens is 2. The van der Waals surface area contributed by atoms with E-state index in [0.29, 0.717) is 17.6 Å². The van der Waals surface area contributed by atoms with Gasteiger partial charge >= 0.3 is 0 Å². The molecule has 4 fully saturated rings. The van der Waals surface area contributed by atoms with E-state index in [1.165, 1.54) is 38.5 Å². The number of ketones is 1. The first-order valence-corrected chi connectivity index (χ1v) is 8.10. The molecule has 0 aliphatic heterocycles. The van der Waals surface area contributed by atoms with E-state index in [-0.39, 0.29) is 0 Å². The lowest BCUT2D eigenvalue weighted by Crippen LogP contribution is -2.47. The summed E-state index contributed by atoms with van der Waals surface area (Å²) in [4.78, 5) is 16.8. The highest BCUT2D eigenvalue weighted by Crippen LogP contribution is 2.61. The topological polar surface area (TPSA) is 34.9 Å². The van der Waals surface area contributed by atoms with Crippen LogP contribution in [0.15, 0.2) is 12.4 Å². The van der Waals surface area contributed by atoms with Crippen molar-refractivity contribution in [2.75, 3.05) is 0 Å². The first-order valence-electron chi connectivity index (χ1n) is 8.10. The predicted octanol–water partition coefficient (Wildman–Crippen LogP) is 3.14. The van der Waals surface area contributed by atoms with Crippen molar-refractivity contribution in [2.24, 2.45) is 30.2 Å². The highest BCUT2D eigenvalue weighted by Gasteiger charge is 2.51. The van der Waals surface area contributed by atoms with Crippen molar-refractivity contribution in [1.82, 2.24) is 9.55 Å². The molecule has 0 amide bonds. The third-order valence-corrected chi connectivity index (χ3v) is 6.01. The van der Waals surface area contributed by atoms with Crippen molar-refractivity contribution < 1.29 is 4.79 Å². The Bertz CT molecular complexity index is 496. The van der Waals surface area contributed by atoms with Crippen LogP contribution < -0.4 is 0 Å². The number of rotatable bonds is 4. The van der Waals surface area contributed by atoms with Crippen LogP contribution in [0.3, 0.4) is 0 Å². The van der Waals surface area contributed by atoms with E-state index in [9.17, 15) is 4.79 Å². The van der Waals surface area contributed by atoms with E-state index in [4.69, 9.17) is 0 Å². The third kappa shape index (κ3) is 2.11. The lowest BCUT2D eigenvalue weighted by molar-refractivity contribution is -0.126. The fraction of sp³-hybridized carbons (Fsp3) is 0.765. The average Bonchev–Trinajstić information content (AvgIpc) is 2.72. The minimum absolute atomic E-state index is 0.372. The highest BCUT2D eigenvalue weighted by molar-refractivity contribution is 5.81. The van der Waals surface area contributed by atoms with Crippen LogP contribution >= 0.6 is 0 Å². The molecule has 4 aliphatic rings. The van der Waals surface area contributed by atoms with E-state index in [1.807, 2.05) is 17.8 Å². The fourth-order valence-electron chi connectivity index (χ4n) is 5.73. The van der Waals surface area contributed by atoms with Crippen LogP contribution in [0.25, 0.3) is 0 Å². The maximum atomic E-state index is 12.5. The molecule has 3 nitrogen and oxygen atoms in total. The second kappa shape index (κ2) is 4.44. The van der Waals surface area contributed by atoms with Crippen LogP contribution in [0.1, 0.15) is 50.8 Å². The van der Waals surface area contributed by atoms with Crippen molar-refractivity contribution >= 4 is 5.78 Å². The van der Waals surface area contributed by atoms with Gasteiger partial charge in [0, 0.05) is 25.9 Å². The zero-order chi connectivity index (χ0) is 13.7. The van der Waals surface area contributed by atoms with Gasteiger partial charge in [-0.05, 0) is 61.7 Å². The number of aryl methyl sites for hydroxylation is 1. The molecule has 4 aliphatic carbocycles. The largest absolute Gasteiger partial charge is 0.338 e. The lowest BCUT2D eigenvalue weighted by atomic mass is 9.48. The van der Waals surface area contributed by atoms with Gasteiger partial charge in [-0.2, -0.15) is 0 Å². The number of carbonyl (C=O) groups excluding carboxylic acids is 1. The van der Waals surface area contributed by atoms with Gasteiger partial charge in [0.2, 0.25) is 0 Å². The molecular formula is C17H24N2O. The second-order valence-electron chi connectivity index (χ2n) is 7.76. The maximum absolute atomic E-state index is 12.5. The molecule has 4 saturated carbocycles. The number of carbonyl (C=O) groups is 1. The molecule has 3 heteroatoms. The SMILES string of the molecule is Cn1ccnc1CC(=O)CC12CC3CC(CC(C3)C1)C2. The monoisotopic (exact) mass is 272 g/mol. The van der Waals surface area contributed by atoms with Crippen molar-refractivity contribution in [3.63, 3.8) is 0 Å². The zero-order valence-corrected chi connectivity index (χ0v) is 12.3. The first-order chi connectivity index (χ1) is 9.62. The molecule has 0 aromatic carbocycles. The van der Waals surface area contributed by atoms with Crippen LogP contribution in [-0.2, 0) is 18.3 Å². The average molecular weight is 272 g/mol. The smallest absolute Gasteiger partial charge is 0.140 e. The Morgan fingerprint density at radius 1 is 1.25 bits per heavy atom. The number of Topliss-reactive ketones (excluding diaryl/α,β-unsaturated/α-hetero) is 1. The Morgan fingerprint density at radius 3 is 2.35 bits per heavy atom. The van der Waals surface area contributed by atoms with Crippen LogP contribution in [0.5, 0.6) is 0 Å². The molecule has 0 unspecified atom stereocenters. The summed E-state index contributed by atoms with van der Waals surface area (Å²) in [5.41, 5.74) is 0.372. The molecule has 5 rings (SSSR count). The van der Waals surface area contributed by atoms with E-state index in [1.54, 1.807) is 6.20 Å². The molecule has 0 saturated heterocycles. The molecule has 0 atom stereocenters. The summed E-state index contributed by atoms with van der Waals surface area (Å²) in [6.45, 7) is 0. The van der Waals surface area contributed by atoms with Gasteiger partial charge in [0.1, 0.15) is 11.6 Å². The molecular weight excluding hydrogens is 248 g/mol. The van der Waals surface area contributed by atoms with Gasteiger partial charge in [0.15, 0.2) is 0 Å². The Labute approximate surface area is 120 Å². The molecule has 1 aromatic rings. The molecule has 0 N–H and O–H groups in total. The van der Waals surface area contributed by atoms with Crippen molar-refractivity contribution in [2.45, 2.75) is 51.4 Å². The summed E-state index contributed by atoms with van der Waals surface area (Å²) in [6, 6.07) is 0. The highest BCUT2D eigenvalue weighted by atomic mass is 16.1. The maximum Gasteiger partial charge on any atom is 0.140 e. The summed E-state index contributed by atoms with van der Waals surface area (Å²) < 4.78 is 1.97. The van der Waals surface area contributed by atoms with Crippen LogP contribution in [0.4, 0.5) is 0 Å². The Hall–Kier alpha value is -1.12. The van der Waals surface area contributed by atoms with Crippen molar-refractivity contribution in [3.05, 3.63) is 18.2 Å². The van der Waals surface area contributed by atoms with Crippen LogP contribution in [-0.4, -0.2) is 15.3 Å². The molecule has 1 heterocycles. The number of hydrogen-bond acceptors (Lipinski definition) is 2. The minimum atomic E-state index is 0.372. The summed E-state index contributed by atoms with van der Waals surface area (Å²) >= 11 is 0. The van der Waals surface area contributed by atoms with Crippen LogP contribution in [0, 0.1) is 23.2 Å². The summed E-state index contributed by atoms with van der Waals surface area (Å²) in [5, 5.41) is 0. The molecule has 108 valence electrons. The fourth-order valence-corrected chi connectivity index (χ4v) is 5.73. The van der Waals surface area contributed by atoms with Gasteiger partial charge in [-0.25, -0.2) is 4.98 Å². The standard InChI is InChI=1S/C17H24N2O/c1-19-3-2-18-16(19)7-15(20)11-17-8-12-4-13(9-17)6-14(5-12)10-17/h2-3,12-14H,4-11H2,1H3. The summed E-state index contributed by atoms with van der Waals surface area (Å²) in [5.74, 6) is 4.12. The second-order valence-corrected chi connectivity index (χ2v) is 7.76. The number of nitrogens with zero attached hydrogens (tertiary/aromatic N) is 2. The quantitative estimate of drug-likeness (QED) is 0.844. The van der Waals surface area contributed by atoms with Gasteiger partial charge in [0.05, 0.1) is 6.42 Å². The van der Waals surface area contributed by atoms with Crippen molar-refractivity contribution in [1.29, 1.82) is 0 Å². The van der Waals surface area contributed by atoms with E-state index < -0.39 is 0 Å². The first kappa shape index (κ1) is 12.6. The molecule has 0 radical (unpaired) electrons. The van der Waals surface area contributed by atoms with Crippen molar-refractivity contribution in [3.8, 4) is 0 Å². The van der Waals surface area contributed by atoms with Gasteiger partial charge < -0.3 is 4.57 Å². The Balaban J connectivity index is 1.46. The van der Waals surface area contributed by atoms with Gasteiger partial charge in [0.25, 0.3) is 0 Å². The molecule has 4 bridgehead atoms. The molecule has 1 aromatic heterocycles. The van der Waals surface area contributed by atoms with E-state index >= 15 is 0 Å². The lowest BCUT2D eigenvalue weighted by Gasteiger charge is -2.56. The predicted molar refractivity (Wildman–Crippen MR) is 77.1 cm³/mol. The van der Waals surface area contributed by atoms with Gasteiger partial charge in [-0.1, -0.05) is 0 Å². The van der Waals surface area contributed by atoms with Gasteiger partial charge in [-0.15, -0.1) is 0 Å². The summed E-state index contributed by atoms with van der Waals surface area (Å²) in [7, 11) is 1.97. The molecule has 0 spiro atoms. The number of hydrogen-bond donors (Lipinski definition) is 0. The Morgan fingerprint density at radius 2 is 1.85 bits per heavy atom.